The summed E-state index contributed by atoms with van der Waals surface area (Å²) in [6, 6.07) is 15.0. The molecule has 1 amide bonds. The predicted octanol–water partition coefficient (Wildman–Crippen LogP) is 2.76. The Morgan fingerprint density at radius 1 is 1.15 bits per heavy atom. The van der Waals surface area contributed by atoms with Gasteiger partial charge < -0.3 is 15.5 Å². The third kappa shape index (κ3) is 4.54. The van der Waals surface area contributed by atoms with Crippen LogP contribution in [0.4, 0.5) is 0 Å². The molecule has 26 heavy (non-hydrogen) atoms. The van der Waals surface area contributed by atoms with Gasteiger partial charge in [-0.2, -0.15) is 0 Å². The van der Waals surface area contributed by atoms with Gasteiger partial charge in [-0.25, -0.2) is 0 Å². The maximum Gasteiger partial charge on any atom is 0.220 e. The van der Waals surface area contributed by atoms with E-state index in [4.69, 9.17) is 0 Å². The van der Waals surface area contributed by atoms with E-state index in [1.54, 1.807) is 7.05 Å². The fraction of sp³-hybridized carbons (Fsp3) is 0.429. The van der Waals surface area contributed by atoms with E-state index < -0.39 is 0 Å². The van der Waals surface area contributed by atoms with Crippen molar-refractivity contribution in [2.75, 3.05) is 27.2 Å². The van der Waals surface area contributed by atoms with E-state index in [0.29, 0.717) is 12.3 Å². The topological polar surface area (TPSA) is 56.7 Å². The molecule has 2 aromatic carbocycles. The second kappa shape index (κ2) is 8.70. The number of likely N-dealkylation sites (tertiary alicyclic amines) is 1. The highest BCUT2D eigenvalue weighted by Crippen LogP contribution is 2.20. The number of guanidine groups is 1. The number of benzene rings is 2. The summed E-state index contributed by atoms with van der Waals surface area (Å²) in [4.78, 5) is 18.3. The number of hydrogen-bond acceptors (Lipinski definition) is 2. The molecule has 0 bridgehead atoms. The minimum absolute atomic E-state index is 0.141. The Balaban J connectivity index is 1.54. The third-order valence-electron chi connectivity index (χ3n) is 5.14. The van der Waals surface area contributed by atoms with Gasteiger partial charge in [0.05, 0.1) is 0 Å². The van der Waals surface area contributed by atoms with Crippen LogP contribution in [0.15, 0.2) is 47.5 Å². The Morgan fingerprint density at radius 2 is 1.88 bits per heavy atom. The monoisotopic (exact) mass is 352 g/mol. The molecule has 0 aromatic heterocycles. The minimum atomic E-state index is 0.141. The number of hydrogen-bond donors (Lipinski definition) is 2. The van der Waals surface area contributed by atoms with Crippen LogP contribution >= 0.6 is 0 Å². The first kappa shape index (κ1) is 18.2. The molecule has 2 aromatic rings. The maximum atomic E-state index is 11.5. The van der Waals surface area contributed by atoms with Crippen LogP contribution in [0.2, 0.25) is 0 Å². The van der Waals surface area contributed by atoms with Crippen LogP contribution in [0.25, 0.3) is 10.8 Å². The molecule has 1 aliphatic heterocycles. The lowest BCUT2D eigenvalue weighted by molar-refractivity contribution is -0.121. The molecule has 0 spiro atoms. The number of amides is 1. The van der Waals surface area contributed by atoms with E-state index in [9.17, 15) is 4.79 Å². The van der Waals surface area contributed by atoms with Crippen LogP contribution in [0.3, 0.4) is 0 Å². The van der Waals surface area contributed by atoms with Crippen molar-refractivity contribution in [3.8, 4) is 0 Å². The van der Waals surface area contributed by atoms with Gasteiger partial charge in [0.25, 0.3) is 0 Å². The number of nitrogens with one attached hydrogen (secondary N) is 2. The maximum absolute atomic E-state index is 11.5. The molecular formula is C21H28N4O. The molecule has 0 radical (unpaired) electrons. The molecular weight excluding hydrogens is 324 g/mol. The van der Waals surface area contributed by atoms with E-state index in [-0.39, 0.29) is 5.91 Å². The van der Waals surface area contributed by atoms with E-state index in [1.165, 1.54) is 16.3 Å². The molecule has 0 aliphatic carbocycles. The van der Waals surface area contributed by atoms with Gasteiger partial charge in [0.15, 0.2) is 5.96 Å². The van der Waals surface area contributed by atoms with Crippen molar-refractivity contribution in [3.05, 3.63) is 48.0 Å². The summed E-state index contributed by atoms with van der Waals surface area (Å²) < 4.78 is 0. The van der Waals surface area contributed by atoms with Crippen LogP contribution < -0.4 is 10.6 Å². The van der Waals surface area contributed by atoms with E-state index >= 15 is 0 Å². The van der Waals surface area contributed by atoms with Crippen LogP contribution in [-0.4, -0.2) is 44.0 Å². The summed E-state index contributed by atoms with van der Waals surface area (Å²) >= 11 is 0. The van der Waals surface area contributed by atoms with Crippen LogP contribution in [-0.2, 0) is 11.3 Å². The van der Waals surface area contributed by atoms with Crippen LogP contribution in [0.5, 0.6) is 0 Å². The number of carbonyl (C=O) groups excluding carboxylic acids is 1. The molecule has 3 rings (SSSR count). The average Bonchev–Trinajstić information content (AvgIpc) is 2.69. The second-order valence-corrected chi connectivity index (χ2v) is 6.89. The SMILES string of the molecule is CN=C(NCc1ccc2ccccc2c1)N1CCC(CC(=O)NC)CC1. The zero-order valence-corrected chi connectivity index (χ0v) is 15.7. The molecule has 0 unspecified atom stereocenters. The Morgan fingerprint density at radius 3 is 2.58 bits per heavy atom. The van der Waals surface area contributed by atoms with Crippen molar-refractivity contribution < 1.29 is 4.79 Å². The van der Waals surface area contributed by atoms with Crippen LogP contribution in [0, 0.1) is 5.92 Å². The van der Waals surface area contributed by atoms with Crippen molar-refractivity contribution in [2.45, 2.75) is 25.8 Å². The van der Waals surface area contributed by atoms with Gasteiger partial charge in [-0.3, -0.25) is 9.79 Å². The first-order valence-electron chi connectivity index (χ1n) is 9.33. The predicted molar refractivity (Wildman–Crippen MR) is 107 cm³/mol. The normalized spacial score (nSPS) is 15.9. The van der Waals surface area contributed by atoms with Crippen molar-refractivity contribution in [3.63, 3.8) is 0 Å². The highest BCUT2D eigenvalue weighted by atomic mass is 16.1. The molecule has 2 N–H and O–H groups in total. The van der Waals surface area contributed by atoms with Crippen molar-refractivity contribution in [2.24, 2.45) is 10.9 Å². The second-order valence-electron chi connectivity index (χ2n) is 6.89. The summed E-state index contributed by atoms with van der Waals surface area (Å²) in [6.07, 6.45) is 2.70. The Kier molecular flexibility index (Phi) is 6.10. The molecule has 0 atom stereocenters. The quantitative estimate of drug-likeness (QED) is 0.657. The molecule has 1 fully saturated rings. The standard InChI is InChI=1S/C21H28N4O/c1-22-20(26)14-16-9-11-25(12-10-16)21(23-2)24-15-17-7-8-18-5-3-4-6-19(18)13-17/h3-8,13,16H,9-12,14-15H2,1-2H3,(H,22,26)(H,23,24). The van der Waals surface area contributed by atoms with Gasteiger partial charge in [-0.05, 0) is 41.2 Å². The molecule has 1 saturated heterocycles. The van der Waals surface area contributed by atoms with Gasteiger partial charge in [0.1, 0.15) is 0 Å². The Labute approximate surface area is 155 Å². The molecule has 0 saturated carbocycles. The molecule has 1 heterocycles. The van der Waals surface area contributed by atoms with Gasteiger partial charge in [0.2, 0.25) is 5.91 Å². The fourth-order valence-electron chi connectivity index (χ4n) is 3.58. The lowest BCUT2D eigenvalue weighted by Gasteiger charge is -2.34. The zero-order chi connectivity index (χ0) is 18.4. The van der Waals surface area contributed by atoms with E-state index in [0.717, 1.165) is 38.4 Å². The minimum Gasteiger partial charge on any atom is -0.359 e. The first-order valence-corrected chi connectivity index (χ1v) is 9.33. The summed E-state index contributed by atoms with van der Waals surface area (Å²) in [6.45, 7) is 2.65. The number of carbonyl (C=O) groups is 1. The van der Waals surface area contributed by atoms with Gasteiger partial charge in [-0.1, -0.05) is 36.4 Å². The Bertz CT molecular complexity index is 778. The molecule has 138 valence electrons. The number of fused-ring (bicyclic) bond motifs is 1. The number of rotatable bonds is 4. The zero-order valence-electron chi connectivity index (χ0n) is 15.7. The summed E-state index contributed by atoms with van der Waals surface area (Å²) in [5.74, 6) is 1.56. The van der Waals surface area contributed by atoms with E-state index in [1.807, 2.05) is 7.05 Å². The summed E-state index contributed by atoms with van der Waals surface area (Å²) in [5.41, 5.74) is 1.25. The fourth-order valence-corrected chi connectivity index (χ4v) is 3.58. The lowest BCUT2D eigenvalue weighted by atomic mass is 9.93. The third-order valence-corrected chi connectivity index (χ3v) is 5.14. The molecule has 5 heteroatoms. The number of piperidine rings is 1. The average molecular weight is 352 g/mol. The van der Waals surface area contributed by atoms with Crippen molar-refractivity contribution in [1.82, 2.24) is 15.5 Å². The smallest absolute Gasteiger partial charge is 0.220 e. The largest absolute Gasteiger partial charge is 0.359 e. The van der Waals surface area contributed by atoms with Crippen molar-refractivity contribution >= 4 is 22.6 Å². The highest BCUT2D eigenvalue weighted by molar-refractivity contribution is 5.83. The number of aliphatic imine (C=N–C) groups is 1. The number of nitrogens with zero attached hydrogens (tertiary/aromatic N) is 2. The molecule has 1 aliphatic rings. The Hall–Kier alpha value is -2.56. The lowest BCUT2D eigenvalue weighted by Crippen LogP contribution is -2.45. The first-order chi connectivity index (χ1) is 12.7. The van der Waals surface area contributed by atoms with Crippen molar-refractivity contribution in [1.29, 1.82) is 0 Å². The van der Waals surface area contributed by atoms with Crippen LogP contribution in [0.1, 0.15) is 24.8 Å². The van der Waals surface area contributed by atoms with Gasteiger partial charge in [-0.15, -0.1) is 0 Å². The molecule has 5 nitrogen and oxygen atoms in total. The van der Waals surface area contributed by atoms with E-state index in [2.05, 4.69) is 63.0 Å². The summed E-state index contributed by atoms with van der Waals surface area (Å²) in [5, 5.41) is 8.73. The summed E-state index contributed by atoms with van der Waals surface area (Å²) in [7, 11) is 3.54. The van der Waals surface area contributed by atoms with Gasteiger partial charge in [0, 0.05) is 40.2 Å². The highest BCUT2D eigenvalue weighted by Gasteiger charge is 2.22. The van der Waals surface area contributed by atoms with Gasteiger partial charge >= 0.3 is 0 Å².